The van der Waals surface area contributed by atoms with Crippen molar-refractivity contribution in [3.63, 3.8) is 0 Å². The van der Waals surface area contributed by atoms with E-state index in [2.05, 4.69) is 22.0 Å². The Morgan fingerprint density at radius 2 is 2.25 bits per heavy atom. The minimum atomic E-state index is -0.457. The van der Waals surface area contributed by atoms with Gasteiger partial charge < -0.3 is 9.47 Å². The molecule has 2 aliphatic rings. The van der Waals surface area contributed by atoms with Gasteiger partial charge in [0.1, 0.15) is 11.7 Å². The highest BCUT2D eigenvalue weighted by Gasteiger charge is 2.50. The maximum Gasteiger partial charge on any atom is 0.410 e. The summed E-state index contributed by atoms with van der Waals surface area (Å²) in [6.07, 6.45) is 0.796. The number of morpholine rings is 1. The number of carbonyl (C=O) groups is 1. The van der Waals surface area contributed by atoms with Crippen molar-refractivity contribution in [2.75, 3.05) is 6.54 Å². The highest BCUT2D eigenvalue weighted by atomic mass is 79.9. The van der Waals surface area contributed by atoms with Crippen LogP contribution < -0.4 is 0 Å². The molecule has 4 nitrogen and oxygen atoms in total. The molecule has 2 aliphatic heterocycles. The first-order valence-corrected chi connectivity index (χ1v) is 8.35. The molecule has 0 aromatic carbocycles. The summed E-state index contributed by atoms with van der Waals surface area (Å²) in [5, 5.41) is 0. The van der Waals surface area contributed by atoms with Crippen LogP contribution in [0.25, 0.3) is 0 Å². The van der Waals surface area contributed by atoms with Crippen LogP contribution in [0.15, 0.2) is 15.9 Å². The Hall–Kier alpha value is -0.590. The molecule has 1 aromatic rings. The zero-order chi connectivity index (χ0) is 14.5. The molecule has 0 saturated carbocycles. The average molecular weight is 360 g/mol. The summed E-state index contributed by atoms with van der Waals surface area (Å²) in [5.41, 5.74) is -0.457. The maximum atomic E-state index is 12.3. The summed E-state index contributed by atoms with van der Waals surface area (Å²) in [4.78, 5) is 15.3. The third kappa shape index (κ3) is 2.73. The van der Waals surface area contributed by atoms with Gasteiger partial charge in [-0.05, 0) is 55.3 Å². The van der Waals surface area contributed by atoms with Gasteiger partial charge >= 0.3 is 6.09 Å². The lowest BCUT2D eigenvalue weighted by molar-refractivity contribution is -0.0455. The normalized spacial score (nSPS) is 29.0. The molecular formula is C14H18BrNO3S. The summed E-state index contributed by atoms with van der Waals surface area (Å²) in [7, 11) is 0. The summed E-state index contributed by atoms with van der Waals surface area (Å²) in [6.45, 7) is 6.32. The van der Waals surface area contributed by atoms with Crippen molar-refractivity contribution in [3.8, 4) is 0 Å². The van der Waals surface area contributed by atoms with Gasteiger partial charge in [-0.2, -0.15) is 0 Å². The lowest BCUT2D eigenvalue weighted by atomic mass is 10.1. The molecule has 0 radical (unpaired) electrons. The fourth-order valence-electron chi connectivity index (χ4n) is 2.78. The van der Waals surface area contributed by atoms with E-state index in [1.165, 1.54) is 0 Å². The van der Waals surface area contributed by atoms with Gasteiger partial charge in [0, 0.05) is 4.88 Å². The van der Waals surface area contributed by atoms with Crippen LogP contribution in [0, 0.1) is 0 Å². The van der Waals surface area contributed by atoms with Crippen molar-refractivity contribution in [1.29, 1.82) is 0 Å². The highest BCUT2D eigenvalue weighted by Crippen LogP contribution is 2.45. The molecule has 0 aliphatic carbocycles. The van der Waals surface area contributed by atoms with E-state index in [0.29, 0.717) is 6.54 Å². The van der Waals surface area contributed by atoms with Crippen molar-refractivity contribution in [2.45, 2.75) is 51.0 Å². The fraction of sp³-hybridized carbons (Fsp3) is 0.643. The zero-order valence-corrected chi connectivity index (χ0v) is 14.2. The van der Waals surface area contributed by atoms with Crippen LogP contribution in [0.3, 0.4) is 0 Å². The molecule has 110 valence electrons. The molecular weight excluding hydrogens is 342 g/mol. The van der Waals surface area contributed by atoms with Gasteiger partial charge in [-0.1, -0.05) is 0 Å². The predicted octanol–water partition coefficient (Wildman–Crippen LogP) is 3.96. The van der Waals surface area contributed by atoms with Crippen LogP contribution in [0.4, 0.5) is 4.79 Å². The third-order valence-corrected chi connectivity index (χ3v) is 5.18. The Balaban J connectivity index is 1.75. The van der Waals surface area contributed by atoms with E-state index in [9.17, 15) is 4.79 Å². The van der Waals surface area contributed by atoms with Crippen LogP contribution in [-0.2, 0) is 9.47 Å². The molecule has 2 bridgehead atoms. The molecule has 3 atom stereocenters. The number of nitrogens with zero attached hydrogens (tertiary/aromatic N) is 1. The third-order valence-electron chi connectivity index (χ3n) is 3.50. The van der Waals surface area contributed by atoms with Gasteiger partial charge in [-0.25, -0.2) is 4.79 Å². The number of hydrogen-bond acceptors (Lipinski definition) is 4. The molecule has 2 fully saturated rings. The van der Waals surface area contributed by atoms with E-state index in [1.54, 1.807) is 11.3 Å². The summed E-state index contributed by atoms with van der Waals surface area (Å²) >= 11 is 5.14. The molecule has 20 heavy (non-hydrogen) atoms. The van der Waals surface area contributed by atoms with Crippen molar-refractivity contribution in [1.82, 2.24) is 4.90 Å². The average Bonchev–Trinajstić information content (AvgIpc) is 2.99. The fourth-order valence-corrected chi connectivity index (χ4v) is 4.30. The monoisotopic (exact) mass is 359 g/mol. The van der Waals surface area contributed by atoms with E-state index in [1.807, 2.05) is 31.7 Å². The number of carbonyl (C=O) groups excluding carboxylic acids is 1. The number of likely N-dealkylation sites (tertiary alicyclic amines) is 1. The van der Waals surface area contributed by atoms with Crippen LogP contribution >= 0.6 is 27.3 Å². The van der Waals surface area contributed by atoms with Crippen LogP contribution in [0.1, 0.15) is 38.2 Å². The number of hydrogen-bond donors (Lipinski definition) is 0. The predicted molar refractivity (Wildman–Crippen MR) is 81.0 cm³/mol. The van der Waals surface area contributed by atoms with E-state index in [-0.39, 0.29) is 24.3 Å². The molecule has 0 unspecified atom stereocenters. The van der Waals surface area contributed by atoms with Gasteiger partial charge in [-0.15, -0.1) is 11.3 Å². The minimum Gasteiger partial charge on any atom is -0.444 e. The zero-order valence-electron chi connectivity index (χ0n) is 11.8. The van der Waals surface area contributed by atoms with Crippen LogP contribution in [-0.4, -0.2) is 35.3 Å². The first kappa shape index (κ1) is 14.4. The number of ether oxygens (including phenoxy) is 2. The van der Waals surface area contributed by atoms with Crippen molar-refractivity contribution in [2.24, 2.45) is 0 Å². The number of rotatable bonds is 1. The Morgan fingerprint density at radius 3 is 2.80 bits per heavy atom. The molecule has 1 amide bonds. The van der Waals surface area contributed by atoms with Crippen molar-refractivity contribution < 1.29 is 14.3 Å². The summed E-state index contributed by atoms with van der Waals surface area (Å²) in [5.74, 6) is 0. The molecule has 0 N–H and O–H groups in total. The first-order valence-electron chi connectivity index (χ1n) is 6.74. The Bertz CT molecular complexity index is 525. The quantitative estimate of drug-likeness (QED) is 0.761. The smallest absolute Gasteiger partial charge is 0.410 e. The van der Waals surface area contributed by atoms with Crippen LogP contribution in [0.5, 0.6) is 0 Å². The van der Waals surface area contributed by atoms with E-state index >= 15 is 0 Å². The van der Waals surface area contributed by atoms with Gasteiger partial charge in [0.25, 0.3) is 0 Å². The Morgan fingerprint density at radius 1 is 1.50 bits per heavy atom. The summed E-state index contributed by atoms with van der Waals surface area (Å²) < 4.78 is 12.6. The van der Waals surface area contributed by atoms with Gasteiger partial charge in [-0.3, -0.25) is 4.90 Å². The van der Waals surface area contributed by atoms with E-state index in [4.69, 9.17) is 9.47 Å². The number of fused-ring (bicyclic) bond motifs is 2. The Labute approximate surface area is 131 Å². The second kappa shape index (κ2) is 5.00. The van der Waals surface area contributed by atoms with E-state index < -0.39 is 5.60 Å². The maximum absolute atomic E-state index is 12.3. The second-order valence-electron chi connectivity index (χ2n) is 6.26. The minimum absolute atomic E-state index is 0.0161. The lowest BCUT2D eigenvalue weighted by Gasteiger charge is -2.34. The van der Waals surface area contributed by atoms with Crippen LogP contribution in [0.2, 0.25) is 0 Å². The number of thiophene rings is 1. The molecule has 0 spiro atoms. The number of amides is 1. The highest BCUT2D eigenvalue weighted by molar-refractivity contribution is 9.11. The SMILES string of the molecule is CC(C)(C)OC(=O)N1C[C@H]2C[C@@H]1[C@H](c1ccc(Br)s1)O2. The molecule has 3 rings (SSSR count). The molecule has 3 heterocycles. The molecule has 6 heteroatoms. The Kier molecular flexibility index (Phi) is 3.59. The first-order chi connectivity index (χ1) is 9.33. The topological polar surface area (TPSA) is 38.8 Å². The second-order valence-corrected chi connectivity index (χ2v) is 8.75. The standard InChI is InChI=1S/C14H18BrNO3S/c1-14(2,3)19-13(17)16-7-8-6-9(16)12(18-8)10-4-5-11(15)20-10/h4-5,8-9,12H,6-7H2,1-3H3/t8-,9-,12-/m1/s1. The van der Waals surface area contributed by atoms with Crippen molar-refractivity contribution >= 4 is 33.4 Å². The number of halogens is 1. The van der Waals surface area contributed by atoms with Gasteiger partial charge in [0.05, 0.1) is 22.5 Å². The molecule has 1 aromatic heterocycles. The van der Waals surface area contributed by atoms with Gasteiger partial charge in [0.15, 0.2) is 0 Å². The van der Waals surface area contributed by atoms with Gasteiger partial charge in [0.2, 0.25) is 0 Å². The molecule has 2 saturated heterocycles. The largest absolute Gasteiger partial charge is 0.444 e. The van der Waals surface area contributed by atoms with Crippen molar-refractivity contribution in [3.05, 3.63) is 20.8 Å². The summed E-state index contributed by atoms with van der Waals surface area (Å²) in [6, 6.07) is 4.18. The lowest BCUT2D eigenvalue weighted by Crippen LogP contribution is -2.45. The van der Waals surface area contributed by atoms with E-state index in [0.717, 1.165) is 15.1 Å².